The molecule has 0 spiro atoms. The zero-order chi connectivity index (χ0) is 18.0. The minimum Gasteiger partial charge on any atom is -0.336 e. The van der Waals surface area contributed by atoms with E-state index in [0.29, 0.717) is 25.9 Å². The summed E-state index contributed by atoms with van der Waals surface area (Å²) in [6.45, 7) is 4.85. The molecule has 0 atom stereocenters. The number of carbonyl (C=O) groups is 2. The van der Waals surface area contributed by atoms with E-state index in [4.69, 9.17) is 0 Å². The molecule has 0 aliphatic carbocycles. The lowest BCUT2D eigenvalue weighted by Gasteiger charge is -2.32. The van der Waals surface area contributed by atoms with Crippen LogP contribution in [0.2, 0.25) is 0 Å². The first-order valence-electron chi connectivity index (χ1n) is 8.43. The molecule has 0 bridgehead atoms. The maximum Gasteiger partial charge on any atom is 0.315 e. The van der Waals surface area contributed by atoms with Crippen LogP contribution in [0.5, 0.6) is 0 Å². The summed E-state index contributed by atoms with van der Waals surface area (Å²) in [5, 5.41) is 5.72. The van der Waals surface area contributed by atoms with Gasteiger partial charge < -0.3 is 15.5 Å². The van der Waals surface area contributed by atoms with Crippen molar-refractivity contribution in [2.75, 3.05) is 13.1 Å². The molecule has 134 valence electrons. The highest BCUT2D eigenvalue weighted by molar-refractivity contribution is 5.92. The number of fused-ring (bicyclic) bond motifs is 1. The van der Waals surface area contributed by atoms with Gasteiger partial charge in [0.2, 0.25) is 5.82 Å². The second kappa shape index (κ2) is 7.08. The molecule has 1 aliphatic heterocycles. The van der Waals surface area contributed by atoms with Gasteiger partial charge in [0.25, 0.3) is 5.91 Å². The van der Waals surface area contributed by atoms with E-state index in [1.54, 1.807) is 17.2 Å². The average Bonchev–Trinajstić information content (AvgIpc) is 2.99. The van der Waals surface area contributed by atoms with Crippen molar-refractivity contribution in [3.05, 3.63) is 36.2 Å². The summed E-state index contributed by atoms with van der Waals surface area (Å²) in [6, 6.07) is 2.82. The van der Waals surface area contributed by atoms with Crippen LogP contribution in [0, 0.1) is 5.82 Å². The number of halogens is 1. The van der Waals surface area contributed by atoms with E-state index < -0.39 is 5.82 Å². The molecule has 1 saturated heterocycles. The third kappa shape index (κ3) is 3.72. The molecule has 3 amide bonds. The predicted octanol–water partition coefficient (Wildman–Crippen LogP) is 1.79. The van der Waals surface area contributed by atoms with Crippen LogP contribution in [0.3, 0.4) is 0 Å². The van der Waals surface area contributed by atoms with Gasteiger partial charge in [-0.2, -0.15) is 0 Å². The molecule has 2 aromatic rings. The van der Waals surface area contributed by atoms with Gasteiger partial charge >= 0.3 is 6.03 Å². The summed E-state index contributed by atoms with van der Waals surface area (Å²) in [4.78, 5) is 30.2. The number of likely N-dealkylation sites (tertiary alicyclic amines) is 1. The molecule has 1 aliphatic rings. The molecule has 1 fully saturated rings. The second-order valence-electron chi connectivity index (χ2n) is 6.53. The van der Waals surface area contributed by atoms with E-state index in [2.05, 4.69) is 15.6 Å². The van der Waals surface area contributed by atoms with Crippen LogP contribution in [0.15, 0.2) is 24.5 Å². The monoisotopic (exact) mass is 347 g/mol. The zero-order valence-corrected chi connectivity index (χ0v) is 14.3. The number of hydrogen-bond acceptors (Lipinski definition) is 3. The average molecular weight is 347 g/mol. The van der Waals surface area contributed by atoms with E-state index in [-0.39, 0.29) is 35.4 Å². The molecule has 7 nitrogen and oxygen atoms in total. The first kappa shape index (κ1) is 17.2. The smallest absolute Gasteiger partial charge is 0.315 e. The molecule has 3 rings (SSSR count). The van der Waals surface area contributed by atoms with Crippen LogP contribution >= 0.6 is 0 Å². The lowest BCUT2D eigenvalue weighted by atomic mass is 10.1. The van der Waals surface area contributed by atoms with E-state index in [1.807, 2.05) is 13.8 Å². The van der Waals surface area contributed by atoms with Gasteiger partial charge in [0.15, 0.2) is 0 Å². The fourth-order valence-corrected chi connectivity index (χ4v) is 3.00. The maximum absolute atomic E-state index is 13.7. The van der Waals surface area contributed by atoms with Gasteiger partial charge in [0.1, 0.15) is 11.3 Å². The van der Waals surface area contributed by atoms with Gasteiger partial charge in [-0.25, -0.2) is 14.2 Å². The van der Waals surface area contributed by atoms with Crippen LogP contribution in [-0.2, 0) is 0 Å². The first-order valence-corrected chi connectivity index (χ1v) is 8.43. The van der Waals surface area contributed by atoms with Crippen molar-refractivity contribution in [3.63, 3.8) is 0 Å². The minimum atomic E-state index is -0.409. The molecular formula is C17H22FN5O2. The Balaban J connectivity index is 1.62. The first-order chi connectivity index (χ1) is 12.0. The molecular weight excluding hydrogens is 325 g/mol. The number of urea groups is 1. The van der Waals surface area contributed by atoms with Crippen molar-refractivity contribution in [2.24, 2.45) is 0 Å². The predicted molar refractivity (Wildman–Crippen MR) is 90.9 cm³/mol. The fourth-order valence-electron chi connectivity index (χ4n) is 3.00. The number of hydrogen-bond donors (Lipinski definition) is 2. The summed E-state index contributed by atoms with van der Waals surface area (Å²) in [5.74, 6) is -0.428. The zero-order valence-electron chi connectivity index (χ0n) is 14.3. The van der Waals surface area contributed by atoms with Crippen molar-refractivity contribution < 1.29 is 14.0 Å². The van der Waals surface area contributed by atoms with Gasteiger partial charge in [-0.15, -0.1) is 0 Å². The number of nitrogens with zero attached hydrogens (tertiary/aromatic N) is 3. The van der Waals surface area contributed by atoms with Crippen molar-refractivity contribution >= 4 is 17.5 Å². The molecule has 25 heavy (non-hydrogen) atoms. The van der Waals surface area contributed by atoms with Gasteiger partial charge in [0.05, 0.1) is 6.20 Å². The standard InChI is InChI=1S/C17H22FN5O2/c1-11(2)20-17(25)21-12-5-8-22(9-6-12)16(24)15-19-10-14-13(18)4-3-7-23(14)15/h3-4,7,10-12H,5-6,8-9H2,1-2H3,(H2,20,21,25). The Labute approximate surface area is 145 Å². The summed E-state index contributed by atoms with van der Waals surface area (Å²) < 4.78 is 15.2. The highest BCUT2D eigenvalue weighted by atomic mass is 19.1. The number of imidazole rings is 1. The third-order valence-electron chi connectivity index (χ3n) is 4.25. The third-order valence-corrected chi connectivity index (χ3v) is 4.25. The summed E-state index contributed by atoms with van der Waals surface area (Å²) in [6.07, 6.45) is 4.35. The topological polar surface area (TPSA) is 78.7 Å². The number of aromatic nitrogens is 2. The Bertz CT molecular complexity index is 780. The number of carbonyl (C=O) groups excluding carboxylic acids is 2. The number of rotatable bonds is 3. The highest BCUT2D eigenvalue weighted by Gasteiger charge is 2.27. The Morgan fingerprint density at radius 1 is 1.32 bits per heavy atom. The number of nitrogens with one attached hydrogen (secondary N) is 2. The molecule has 2 N–H and O–H groups in total. The molecule has 2 aromatic heterocycles. The van der Waals surface area contributed by atoms with Gasteiger partial charge in [-0.3, -0.25) is 9.20 Å². The Hall–Kier alpha value is -2.64. The SMILES string of the molecule is CC(C)NC(=O)NC1CCN(C(=O)c2ncc3c(F)cccn23)CC1. The van der Waals surface area contributed by atoms with Crippen molar-refractivity contribution in [1.29, 1.82) is 0 Å². The molecule has 0 radical (unpaired) electrons. The molecule has 0 unspecified atom stereocenters. The molecule has 0 saturated carbocycles. The summed E-state index contributed by atoms with van der Waals surface area (Å²) in [5.41, 5.74) is 0.285. The molecule has 3 heterocycles. The number of amides is 3. The van der Waals surface area contributed by atoms with Crippen molar-refractivity contribution in [3.8, 4) is 0 Å². The quantitative estimate of drug-likeness (QED) is 0.888. The summed E-state index contributed by atoms with van der Waals surface area (Å²) >= 11 is 0. The van der Waals surface area contributed by atoms with Crippen molar-refractivity contribution in [1.82, 2.24) is 24.9 Å². The Morgan fingerprint density at radius 2 is 2.04 bits per heavy atom. The Kier molecular flexibility index (Phi) is 4.87. The minimum absolute atomic E-state index is 0.0391. The maximum atomic E-state index is 13.7. The molecule has 8 heteroatoms. The van der Waals surface area contributed by atoms with E-state index >= 15 is 0 Å². The lowest BCUT2D eigenvalue weighted by molar-refractivity contribution is 0.0695. The number of piperidine rings is 1. The second-order valence-corrected chi connectivity index (χ2v) is 6.53. The van der Waals surface area contributed by atoms with Gasteiger partial charge in [-0.05, 0) is 38.8 Å². The lowest BCUT2D eigenvalue weighted by Crippen LogP contribution is -2.50. The highest BCUT2D eigenvalue weighted by Crippen LogP contribution is 2.16. The van der Waals surface area contributed by atoms with Gasteiger partial charge in [-0.1, -0.05) is 0 Å². The Morgan fingerprint density at radius 3 is 2.72 bits per heavy atom. The summed E-state index contributed by atoms with van der Waals surface area (Å²) in [7, 11) is 0. The largest absolute Gasteiger partial charge is 0.336 e. The van der Waals surface area contributed by atoms with Crippen LogP contribution in [-0.4, -0.2) is 51.4 Å². The van der Waals surface area contributed by atoms with Crippen LogP contribution in [0.25, 0.3) is 5.52 Å². The van der Waals surface area contributed by atoms with Crippen LogP contribution in [0.1, 0.15) is 37.3 Å². The fraction of sp³-hybridized carbons (Fsp3) is 0.471. The van der Waals surface area contributed by atoms with Crippen LogP contribution < -0.4 is 10.6 Å². The van der Waals surface area contributed by atoms with Crippen LogP contribution in [0.4, 0.5) is 9.18 Å². The normalized spacial score (nSPS) is 15.6. The van der Waals surface area contributed by atoms with Crippen molar-refractivity contribution in [2.45, 2.75) is 38.8 Å². The number of pyridine rings is 1. The van der Waals surface area contributed by atoms with E-state index in [1.165, 1.54) is 16.7 Å². The van der Waals surface area contributed by atoms with E-state index in [0.717, 1.165) is 0 Å². The van der Waals surface area contributed by atoms with E-state index in [9.17, 15) is 14.0 Å². The molecule has 0 aromatic carbocycles. The van der Waals surface area contributed by atoms with Gasteiger partial charge in [0, 0.05) is 31.4 Å².